The van der Waals surface area contributed by atoms with Gasteiger partial charge in [-0.05, 0) is 42.5 Å². The van der Waals surface area contributed by atoms with Crippen LogP contribution in [0.15, 0.2) is 65.3 Å². The van der Waals surface area contributed by atoms with Gasteiger partial charge < -0.3 is 24.5 Å². The van der Waals surface area contributed by atoms with Gasteiger partial charge in [-0.3, -0.25) is 0 Å². The van der Waals surface area contributed by atoms with Gasteiger partial charge in [-0.1, -0.05) is 6.07 Å². The number of halogens is 2. The van der Waals surface area contributed by atoms with E-state index in [0.717, 1.165) is 12.1 Å². The molecule has 0 atom stereocenters. The minimum atomic E-state index is -0.884. The van der Waals surface area contributed by atoms with Gasteiger partial charge in [-0.15, -0.1) is 5.10 Å². The van der Waals surface area contributed by atoms with E-state index < -0.39 is 17.7 Å². The highest BCUT2D eigenvalue weighted by Crippen LogP contribution is 2.25. The van der Waals surface area contributed by atoms with Gasteiger partial charge in [0.05, 0.1) is 24.2 Å². The molecule has 0 aliphatic carbocycles. The van der Waals surface area contributed by atoms with Crippen molar-refractivity contribution in [3.8, 4) is 23.3 Å². The van der Waals surface area contributed by atoms with E-state index in [1.54, 1.807) is 43.5 Å². The van der Waals surface area contributed by atoms with Crippen molar-refractivity contribution in [3.63, 3.8) is 0 Å². The summed E-state index contributed by atoms with van der Waals surface area (Å²) in [6, 6.07) is 12.5. The van der Waals surface area contributed by atoms with Crippen LogP contribution in [0.3, 0.4) is 0 Å². The molecule has 0 unspecified atom stereocenters. The number of benzene rings is 2. The van der Waals surface area contributed by atoms with Gasteiger partial charge in [-0.2, -0.15) is 4.98 Å². The van der Waals surface area contributed by atoms with E-state index in [0.29, 0.717) is 35.6 Å². The number of furan rings is 1. The SMILES string of the molecule is COCCOc1nc(-c2ccco2)n(-c2cccc(NC(=O)Nc3ccc(F)cc3F)c2)n1. The number of amides is 2. The molecule has 0 bridgehead atoms. The summed E-state index contributed by atoms with van der Waals surface area (Å²) >= 11 is 0. The molecule has 11 heteroatoms. The Morgan fingerprint density at radius 1 is 1.09 bits per heavy atom. The van der Waals surface area contributed by atoms with Gasteiger partial charge in [-0.25, -0.2) is 18.3 Å². The molecule has 9 nitrogen and oxygen atoms in total. The molecular weight excluding hydrogens is 436 g/mol. The first-order valence-electron chi connectivity index (χ1n) is 9.79. The van der Waals surface area contributed by atoms with Gasteiger partial charge in [0.25, 0.3) is 0 Å². The molecule has 2 amide bonds. The van der Waals surface area contributed by atoms with Gasteiger partial charge in [0, 0.05) is 18.9 Å². The maximum absolute atomic E-state index is 13.8. The van der Waals surface area contributed by atoms with Crippen molar-refractivity contribution in [3.05, 3.63) is 72.5 Å². The van der Waals surface area contributed by atoms with E-state index in [1.807, 2.05) is 0 Å². The van der Waals surface area contributed by atoms with Crippen LogP contribution in [0, 0.1) is 11.6 Å². The fourth-order valence-corrected chi connectivity index (χ4v) is 2.91. The third kappa shape index (κ3) is 5.33. The Bertz CT molecular complexity index is 1240. The van der Waals surface area contributed by atoms with Crippen molar-refractivity contribution in [2.75, 3.05) is 31.0 Å². The van der Waals surface area contributed by atoms with Crippen LogP contribution >= 0.6 is 0 Å². The first-order chi connectivity index (χ1) is 16.0. The summed E-state index contributed by atoms with van der Waals surface area (Å²) < 4.78 is 44.3. The number of aromatic nitrogens is 3. The molecule has 0 fully saturated rings. The van der Waals surface area contributed by atoms with Gasteiger partial charge in [0.15, 0.2) is 5.76 Å². The maximum atomic E-state index is 13.8. The van der Waals surface area contributed by atoms with Crippen molar-refractivity contribution in [2.24, 2.45) is 0 Å². The number of nitrogens with zero attached hydrogens (tertiary/aromatic N) is 3. The number of urea groups is 1. The predicted octanol–water partition coefficient (Wildman–Crippen LogP) is 4.47. The highest BCUT2D eigenvalue weighted by molar-refractivity contribution is 5.99. The normalized spacial score (nSPS) is 10.8. The summed E-state index contributed by atoms with van der Waals surface area (Å²) in [5.74, 6) is -0.767. The number of hydrogen-bond acceptors (Lipinski definition) is 6. The molecular formula is C22H19F2N5O4. The lowest BCUT2D eigenvalue weighted by Crippen LogP contribution is -2.20. The van der Waals surface area contributed by atoms with Crippen molar-refractivity contribution >= 4 is 17.4 Å². The molecule has 2 N–H and O–H groups in total. The van der Waals surface area contributed by atoms with Crippen LogP contribution in [-0.4, -0.2) is 41.1 Å². The number of ether oxygens (including phenoxy) is 2. The predicted molar refractivity (Wildman–Crippen MR) is 115 cm³/mol. The monoisotopic (exact) mass is 455 g/mol. The van der Waals surface area contributed by atoms with Crippen molar-refractivity contribution in [2.45, 2.75) is 0 Å². The second-order valence-electron chi connectivity index (χ2n) is 6.70. The lowest BCUT2D eigenvalue weighted by molar-refractivity contribution is 0.141. The molecule has 2 heterocycles. The number of anilines is 2. The number of rotatable bonds is 8. The van der Waals surface area contributed by atoms with Crippen molar-refractivity contribution in [1.29, 1.82) is 0 Å². The number of carbonyl (C=O) groups is 1. The van der Waals surface area contributed by atoms with Crippen LogP contribution in [0.1, 0.15) is 0 Å². The molecule has 170 valence electrons. The summed E-state index contributed by atoms with van der Waals surface area (Å²) in [7, 11) is 1.56. The molecule has 0 aliphatic rings. The van der Waals surface area contributed by atoms with Crippen molar-refractivity contribution < 1.29 is 27.5 Å². The zero-order valence-corrected chi connectivity index (χ0v) is 17.4. The molecule has 0 saturated carbocycles. The fraction of sp³-hybridized carbons (Fsp3) is 0.136. The minimum absolute atomic E-state index is 0.126. The molecule has 33 heavy (non-hydrogen) atoms. The van der Waals surface area contributed by atoms with Crippen LogP contribution < -0.4 is 15.4 Å². The molecule has 0 saturated heterocycles. The van der Waals surface area contributed by atoms with Gasteiger partial charge >= 0.3 is 12.0 Å². The van der Waals surface area contributed by atoms with E-state index in [4.69, 9.17) is 13.9 Å². The first-order valence-corrected chi connectivity index (χ1v) is 9.79. The number of nitrogens with one attached hydrogen (secondary N) is 2. The minimum Gasteiger partial charge on any atom is -0.461 e. The third-order valence-corrected chi connectivity index (χ3v) is 4.38. The van der Waals surface area contributed by atoms with Crippen LogP contribution in [0.25, 0.3) is 17.3 Å². The Morgan fingerprint density at radius 2 is 1.97 bits per heavy atom. The molecule has 4 rings (SSSR count). The highest BCUT2D eigenvalue weighted by atomic mass is 19.1. The van der Waals surface area contributed by atoms with Crippen LogP contribution in [-0.2, 0) is 4.74 Å². The van der Waals surface area contributed by atoms with E-state index in [1.165, 1.54) is 10.9 Å². The van der Waals surface area contributed by atoms with E-state index in [2.05, 4.69) is 20.7 Å². The average molecular weight is 455 g/mol. The Balaban J connectivity index is 1.56. The molecule has 0 spiro atoms. The standard InChI is InChI=1S/C22H19F2N5O4/c1-31-10-11-33-22-27-20(19-6-3-9-32-19)29(28-22)16-5-2-4-15(13-16)25-21(30)26-18-8-7-14(23)12-17(18)24/h2-9,12-13H,10-11H2,1H3,(H2,25,26,30). The summed E-state index contributed by atoms with van der Waals surface area (Å²) in [5.41, 5.74) is 0.802. The molecule has 0 aliphatic heterocycles. The molecule has 2 aromatic heterocycles. The van der Waals surface area contributed by atoms with E-state index >= 15 is 0 Å². The molecule has 2 aromatic carbocycles. The fourth-order valence-electron chi connectivity index (χ4n) is 2.91. The zero-order valence-electron chi connectivity index (χ0n) is 17.4. The zero-order chi connectivity index (χ0) is 23.2. The Labute approximate surface area is 187 Å². The Morgan fingerprint density at radius 3 is 2.73 bits per heavy atom. The summed E-state index contributed by atoms with van der Waals surface area (Å²) in [6.45, 7) is 0.633. The average Bonchev–Trinajstić information content (AvgIpc) is 3.46. The molecule has 4 aromatic rings. The van der Waals surface area contributed by atoms with Crippen LogP contribution in [0.4, 0.5) is 25.0 Å². The number of carbonyl (C=O) groups excluding carboxylic acids is 1. The largest absolute Gasteiger partial charge is 0.461 e. The lowest BCUT2D eigenvalue weighted by atomic mass is 10.2. The quantitative estimate of drug-likeness (QED) is 0.380. The topological polar surface area (TPSA) is 103 Å². The second-order valence-corrected chi connectivity index (χ2v) is 6.70. The molecule has 0 radical (unpaired) electrons. The second kappa shape index (κ2) is 9.92. The lowest BCUT2D eigenvalue weighted by Gasteiger charge is -2.10. The van der Waals surface area contributed by atoms with Gasteiger partial charge in [0.1, 0.15) is 18.2 Å². The Kier molecular flexibility index (Phi) is 6.60. The van der Waals surface area contributed by atoms with Crippen LogP contribution in [0.2, 0.25) is 0 Å². The van der Waals surface area contributed by atoms with Crippen LogP contribution in [0.5, 0.6) is 6.01 Å². The number of methoxy groups -OCH3 is 1. The summed E-state index contributed by atoms with van der Waals surface area (Å²) in [6.07, 6.45) is 1.51. The first kappa shape index (κ1) is 22.0. The smallest absolute Gasteiger partial charge is 0.336 e. The van der Waals surface area contributed by atoms with E-state index in [-0.39, 0.29) is 18.3 Å². The number of hydrogen-bond donors (Lipinski definition) is 2. The van der Waals surface area contributed by atoms with Crippen molar-refractivity contribution in [1.82, 2.24) is 14.8 Å². The third-order valence-electron chi connectivity index (χ3n) is 4.38. The van der Waals surface area contributed by atoms with E-state index in [9.17, 15) is 13.6 Å². The summed E-state index contributed by atoms with van der Waals surface area (Å²) in [4.78, 5) is 16.7. The Hall–Kier alpha value is -4.25. The highest BCUT2D eigenvalue weighted by Gasteiger charge is 2.17. The maximum Gasteiger partial charge on any atom is 0.336 e. The van der Waals surface area contributed by atoms with Gasteiger partial charge in [0.2, 0.25) is 5.82 Å². The summed E-state index contributed by atoms with van der Waals surface area (Å²) in [5, 5.41) is 9.31.